The van der Waals surface area contributed by atoms with Gasteiger partial charge in [-0.25, -0.2) is 0 Å². The van der Waals surface area contributed by atoms with Gasteiger partial charge in [0.1, 0.15) is 12.5 Å². The van der Waals surface area contributed by atoms with E-state index in [1.54, 1.807) is 11.3 Å². The molecule has 1 aliphatic rings. The summed E-state index contributed by atoms with van der Waals surface area (Å²) in [6, 6.07) is 3.65. The SMILES string of the molecule is C=CCOC(=O)[C@@H]1C(=C)NC(=S)N[C@H]1c1cccs1. The lowest BCUT2D eigenvalue weighted by Gasteiger charge is -2.33. The van der Waals surface area contributed by atoms with Crippen molar-refractivity contribution >= 4 is 34.6 Å². The van der Waals surface area contributed by atoms with Gasteiger partial charge in [0.2, 0.25) is 0 Å². The van der Waals surface area contributed by atoms with Crippen LogP contribution in [0.2, 0.25) is 0 Å². The van der Waals surface area contributed by atoms with E-state index in [1.807, 2.05) is 17.5 Å². The van der Waals surface area contributed by atoms with Crippen molar-refractivity contribution in [2.24, 2.45) is 5.92 Å². The standard InChI is InChI=1S/C13H14N2O2S2/c1-3-6-17-12(16)10-8(2)14-13(18)15-11(10)9-5-4-7-19-9/h3-5,7,10-11H,1-2,6H2,(H2,14,15,18)/t10-,11+/m1/s1. The Balaban J connectivity index is 2.24. The zero-order chi connectivity index (χ0) is 13.8. The molecule has 1 aromatic heterocycles. The number of hydrogen-bond donors (Lipinski definition) is 2. The first kappa shape index (κ1) is 13.8. The van der Waals surface area contributed by atoms with Crippen LogP contribution >= 0.6 is 23.6 Å². The van der Waals surface area contributed by atoms with Gasteiger partial charge in [0.25, 0.3) is 0 Å². The van der Waals surface area contributed by atoms with Gasteiger partial charge in [-0.15, -0.1) is 11.3 Å². The van der Waals surface area contributed by atoms with Crippen molar-refractivity contribution in [3.8, 4) is 0 Å². The van der Waals surface area contributed by atoms with Gasteiger partial charge in [-0.2, -0.15) is 0 Å². The average molecular weight is 294 g/mol. The summed E-state index contributed by atoms with van der Waals surface area (Å²) in [6.07, 6.45) is 1.54. The predicted octanol–water partition coefficient (Wildman–Crippen LogP) is 2.13. The molecule has 0 spiro atoms. The van der Waals surface area contributed by atoms with Crippen molar-refractivity contribution in [3.63, 3.8) is 0 Å². The monoisotopic (exact) mass is 294 g/mol. The normalized spacial score (nSPS) is 22.3. The molecule has 2 atom stereocenters. The summed E-state index contributed by atoms with van der Waals surface area (Å²) in [5.74, 6) is -0.851. The molecule has 100 valence electrons. The second-order valence-corrected chi connectivity index (χ2v) is 5.40. The Kier molecular flexibility index (Phi) is 4.34. The highest BCUT2D eigenvalue weighted by Crippen LogP contribution is 2.32. The minimum atomic E-state index is -0.509. The lowest BCUT2D eigenvalue weighted by atomic mass is 9.93. The van der Waals surface area contributed by atoms with Crippen LogP contribution in [0.15, 0.2) is 42.4 Å². The molecule has 0 radical (unpaired) electrons. The fourth-order valence-corrected chi connectivity index (χ4v) is 2.97. The maximum atomic E-state index is 12.1. The molecule has 19 heavy (non-hydrogen) atoms. The first-order valence-electron chi connectivity index (χ1n) is 5.70. The Bertz CT molecular complexity index is 511. The smallest absolute Gasteiger partial charge is 0.317 e. The Labute approximate surface area is 121 Å². The van der Waals surface area contributed by atoms with Gasteiger partial charge in [-0.05, 0) is 23.7 Å². The summed E-state index contributed by atoms with van der Waals surface area (Å²) in [7, 11) is 0. The van der Waals surface area contributed by atoms with Gasteiger partial charge in [0.05, 0.1) is 6.04 Å². The number of esters is 1. The van der Waals surface area contributed by atoms with Crippen molar-refractivity contribution in [3.05, 3.63) is 47.3 Å². The van der Waals surface area contributed by atoms with Gasteiger partial charge in [0.15, 0.2) is 5.11 Å². The molecule has 1 aromatic rings. The van der Waals surface area contributed by atoms with E-state index in [2.05, 4.69) is 23.8 Å². The second kappa shape index (κ2) is 5.99. The van der Waals surface area contributed by atoms with Gasteiger partial charge in [0, 0.05) is 10.6 Å². The molecule has 4 nitrogen and oxygen atoms in total. The van der Waals surface area contributed by atoms with E-state index in [-0.39, 0.29) is 18.6 Å². The molecule has 0 bridgehead atoms. The molecule has 0 saturated carbocycles. The van der Waals surface area contributed by atoms with Crippen molar-refractivity contribution in [1.82, 2.24) is 10.6 Å². The van der Waals surface area contributed by atoms with Crippen LogP contribution in [-0.4, -0.2) is 17.7 Å². The van der Waals surface area contributed by atoms with E-state index in [1.165, 1.54) is 6.08 Å². The number of ether oxygens (including phenoxy) is 1. The fraction of sp³-hybridized carbons (Fsp3) is 0.231. The molecule has 2 rings (SSSR count). The van der Waals surface area contributed by atoms with Gasteiger partial charge in [-0.3, -0.25) is 4.79 Å². The second-order valence-electron chi connectivity index (χ2n) is 4.01. The van der Waals surface area contributed by atoms with E-state index in [0.29, 0.717) is 10.8 Å². The summed E-state index contributed by atoms with van der Waals surface area (Å²) >= 11 is 6.67. The summed E-state index contributed by atoms with van der Waals surface area (Å²) < 4.78 is 5.13. The van der Waals surface area contributed by atoms with Crippen LogP contribution in [0, 0.1) is 5.92 Å². The van der Waals surface area contributed by atoms with E-state index >= 15 is 0 Å². The number of hydrogen-bond acceptors (Lipinski definition) is 4. The lowest BCUT2D eigenvalue weighted by molar-refractivity contribution is -0.147. The third-order valence-electron chi connectivity index (χ3n) is 2.72. The lowest BCUT2D eigenvalue weighted by Crippen LogP contribution is -2.50. The van der Waals surface area contributed by atoms with Crippen molar-refractivity contribution in [2.75, 3.05) is 6.61 Å². The zero-order valence-corrected chi connectivity index (χ0v) is 11.9. The van der Waals surface area contributed by atoms with E-state index in [9.17, 15) is 4.79 Å². The van der Waals surface area contributed by atoms with Crippen LogP contribution in [0.3, 0.4) is 0 Å². The highest BCUT2D eigenvalue weighted by atomic mass is 32.1. The van der Waals surface area contributed by atoms with Crippen molar-refractivity contribution in [2.45, 2.75) is 6.04 Å². The van der Waals surface area contributed by atoms with E-state index < -0.39 is 5.92 Å². The van der Waals surface area contributed by atoms with Crippen LogP contribution in [-0.2, 0) is 9.53 Å². The maximum absolute atomic E-state index is 12.1. The Morgan fingerprint density at radius 3 is 3.05 bits per heavy atom. The number of rotatable bonds is 4. The van der Waals surface area contributed by atoms with E-state index in [4.69, 9.17) is 17.0 Å². The zero-order valence-electron chi connectivity index (χ0n) is 10.2. The highest BCUT2D eigenvalue weighted by Gasteiger charge is 2.38. The minimum Gasteiger partial charge on any atom is -0.461 e. The molecule has 0 aromatic carbocycles. The first-order valence-corrected chi connectivity index (χ1v) is 6.99. The number of carbonyl (C=O) groups excluding carboxylic acids is 1. The van der Waals surface area contributed by atoms with Crippen molar-refractivity contribution in [1.29, 1.82) is 0 Å². The summed E-state index contributed by atoms with van der Waals surface area (Å²) in [5.41, 5.74) is 0.552. The Morgan fingerprint density at radius 1 is 1.63 bits per heavy atom. The van der Waals surface area contributed by atoms with Crippen LogP contribution < -0.4 is 10.6 Å². The molecule has 0 amide bonds. The predicted molar refractivity (Wildman–Crippen MR) is 79.7 cm³/mol. The molecule has 2 heterocycles. The molecule has 1 aliphatic heterocycles. The maximum Gasteiger partial charge on any atom is 0.317 e. The molecule has 2 N–H and O–H groups in total. The Hall–Kier alpha value is -1.66. The molecular weight excluding hydrogens is 280 g/mol. The Morgan fingerprint density at radius 2 is 2.42 bits per heavy atom. The van der Waals surface area contributed by atoms with Gasteiger partial charge < -0.3 is 15.4 Å². The van der Waals surface area contributed by atoms with Crippen LogP contribution in [0.5, 0.6) is 0 Å². The molecular formula is C13H14N2O2S2. The summed E-state index contributed by atoms with van der Waals surface area (Å²) in [6.45, 7) is 7.59. The molecule has 0 aliphatic carbocycles. The summed E-state index contributed by atoms with van der Waals surface area (Å²) in [4.78, 5) is 13.1. The molecule has 1 fully saturated rings. The van der Waals surface area contributed by atoms with Crippen molar-refractivity contribution < 1.29 is 9.53 Å². The number of thiocarbonyl (C=S) groups is 1. The summed E-state index contributed by atoms with van der Waals surface area (Å²) in [5, 5.41) is 8.41. The number of carbonyl (C=O) groups is 1. The number of thiophene rings is 1. The minimum absolute atomic E-state index is 0.185. The largest absolute Gasteiger partial charge is 0.461 e. The third kappa shape index (κ3) is 3.02. The van der Waals surface area contributed by atoms with Gasteiger partial charge in [-0.1, -0.05) is 25.3 Å². The van der Waals surface area contributed by atoms with E-state index in [0.717, 1.165) is 4.88 Å². The van der Waals surface area contributed by atoms with Crippen LogP contribution in [0.4, 0.5) is 0 Å². The molecule has 0 unspecified atom stereocenters. The van der Waals surface area contributed by atoms with Crippen LogP contribution in [0.1, 0.15) is 10.9 Å². The first-order chi connectivity index (χ1) is 9.13. The third-order valence-corrected chi connectivity index (χ3v) is 3.89. The highest BCUT2D eigenvalue weighted by molar-refractivity contribution is 7.80. The topological polar surface area (TPSA) is 50.4 Å². The molecule has 6 heteroatoms. The molecule has 1 saturated heterocycles. The quantitative estimate of drug-likeness (QED) is 0.506. The average Bonchev–Trinajstić information content (AvgIpc) is 2.88. The van der Waals surface area contributed by atoms with Gasteiger partial charge >= 0.3 is 5.97 Å². The number of nitrogens with one attached hydrogen (secondary N) is 2. The van der Waals surface area contributed by atoms with Crippen LogP contribution in [0.25, 0.3) is 0 Å². The fourth-order valence-electron chi connectivity index (χ4n) is 1.90.